The molecule has 34 heavy (non-hydrogen) atoms. The predicted octanol–water partition coefficient (Wildman–Crippen LogP) is 3.71. The van der Waals surface area contributed by atoms with E-state index >= 15 is 0 Å². The number of anilines is 3. The lowest BCUT2D eigenvalue weighted by Gasteiger charge is -2.29. The number of nitro groups is 1. The van der Waals surface area contributed by atoms with Gasteiger partial charge in [-0.2, -0.15) is 0 Å². The summed E-state index contributed by atoms with van der Waals surface area (Å²) >= 11 is 0. The molecule has 2 fully saturated rings. The Morgan fingerprint density at radius 2 is 1.56 bits per heavy atom. The van der Waals surface area contributed by atoms with Crippen molar-refractivity contribution in [2.75, 3.05) is 29.0 Å². The number of hydrogen-bond donors (Lipinski definition) is 0. The summed E-state index contributed by atoms with van der Waals surface area (Å²) in [6, 6.07) is 22.0. The SMILES string of the molecule is CN(C)c1ccc([C@H]2[C@@H]3C(=O)N(c4cccc([N+](=O)[O-])c4)C(=O)[C@@H]3ON2c2ccccc2)cc1. The molecule has 0 spiro atoms. The van der Waals surface area contributed by atoms with Gasteiger partial charge in [0.05, 0.1) is 22.3 Å². The average Bonchev–Trinajstić information content (AvgIpc) is 3.35. The minimum atomic E-state index is -1.04. The summed E-state index contributed by atoms with van der Waals surface area (Å²) in [4.78, 5) is 46.7. The number of fused-ring (bicyclic) bond motifs is 1. The summed E-state index contributed by atoms with van der Waals surface area (Å²) in [5.74, 6) is -1.79. The number of carbonyl (C=O) groups excluding carboxylic acids is 2. The van der Waals surface area contributed by atoms with E-state index in [1.165, 1.54) is 24.3 Å². The first kappa shape index (κ1) is 21.6. The monoisotopic (exact) mass is 458 g/mol. The van der Waals surface area contributed by atoms with Gasteiger partial charge < -0.3 is 4.90 Å². The number of imide groups is 1. The van der Waals surface area contributed by atoms with E-state index in [0.29, 0.717) is 0 Å². The van der Waals surface area contributed by atoms with Crippen molar-refractivity contribution in [1.82, 2.24) is 0 Å². The second-order valence-corrected chi connectivity index (χ2v) is 8.43. The molecule has 0 aliphatic carbocycles. The smallest absolute Gasteiger partial charge is 0.271 e. The number of benzene rings is 3. The Bertz CT molecular complexity index is 1260. The molecule has 0 unspecified atom stereocenters. The maximum atomic E-state index is 13.6. The van der Waals surface area contributed by atoms with Crippen LogP contribution >= 0.6 is 0 Å². The average molecular weight is 458 g/mol. The fourth-order valence-corrected chi connectivity index (χ4v) is 4.52. The Hall–Kier alpha value is -4.24. The number of amides is 2. The van der Waals surface area contributed by atoms with E-state index in [0.717, 1.165) is 21.8 Å². The van der Waals surface area contributed by atoms with Crippen LogP contribution in [0.3, 0.4) is 0 Å². The summed E-state index contributed by atoms with van der Waals surface area (Å²) in [6.07, 6.45) is -1.04. The standard InChI is InChI=1S/C25H22N4O5/c1-26(2)17-13-11-16(12-14-17)22-21-23(34-28(22)18-7-4-3-5-8-18)25(31)27(24(21)30)19-9-6-10-20(15-19)29(32)33/h3-15,21-23H,1-2H3/t21-,22-,23+/m0/s1. The molecule has 3 aromatic rings. The molecule has 0 saturated carbocycles. The van der Waals surface area contributed by atoms with E-state index in [4.69, 9.17) is 4.84 Å². The highest BCUT2D eigenvalue weighted by Gasteiger charge is 2.60. The lowest BCUT2D eigenvalue weighted by molar-refractivity contribution is -0.384. The molecular formula is C25H22N4O5. The second kappa shape index (κ2) is 8.27. The molecule has 2 amide bonds. The number of para-hydroxylation sites is 1. The van der Waals surface area contributed by atoms with Gasteiger partial charge in [-0.25, -0.2) is 9.96 Å². The highest BCUT2D eigenvalue weighted by atomic mass is 16.7. The Labute approximate surface area is 195 Å². The molecule has 2 saturated heterocycles. The molecule has 2 aliphatic heterocycles. The molecule has 0 N–H and O–H groups in total. The van der Waals surface area contributed by atoms with Gasteiger partial charge >= 0.3 is 0 Å². The minimum absolute atomic E-state index is 0.162. The molecular weight excluding hydrogens is 436 g/mol. The van der Waals surface area contributed by atoms with E-state index in [1.54, 1.807) is 5.06 Å². The van der Waals surface area contributed by atoms with Crippen LogP contribution in [-0.4, -0.2) is 36.9 Å². The van der Waals surface area contributed by atoms with Gasteiger partial charge in [-0.15, -0.1) is 0 Å². The van der Waals surface area contributed by atoms with Crippen LogP contribution in [0.2, 0.25) is 0 Å². The van der Waals surface area contributed by atoms with Gasteiger partial charge in [0, 0.05) is 31.9 Å². The van der Waals surface area contributed by atoms with Crippen LogP contribution in [0.1, 0.15) is 11.6 Å². The molecule has 0 aromatic heterocycles. The number of carbonyl (C=O) groups is 2. The van der Waals surface area contributed by atoms with Crippen LogP contribution in [0.25, 0.3) is 0 Å². The van der Waals surface area contributed by atoms with E-state index in [1.807, 2.05) is 73.6 Å². The Kier molecular flexibility index (Phi) is 5.25. The molecule has 3 atom stereocenters. The van der Waals surface area contributed by atoms with Crippen LogP contribution in [0.15, 0.2) is 78.9 Å². The van der Waals surface area contributed by atoms with Crippen LogP contribution in [0.5, 0.6) is 0 Å². The van der Waals surface area contributed by atoms with Crippen molar-refractivity contribution in [1.29, 1.82) is 0 Å². The van der Waals surface area contributed by atoms with Crippen molar-refractivity contribution in [2.24, 2.45) is 5.92 Å². The molecule has 5 rings (SSSR count). The largest absolute Gasteiger partial charge is 0.378 e. The zero-order valence-electron chi connectivity index (χ0n) is 18.6. The summed E-state index contributed by atoms with van der Waals surface area (Å²) in [7, 11) is 3.88. The third kappa shape index (κ3) is 3.46. The van der Waals surface area contributed by atoms with Gasteiger partial charge in [0.25, 0.3) is 11.6 Å². The number of hydroxylamine groups is 1. The normalized spacial score (nSPS) is 21.6. The lowest BCUT2D eigenvalue weighted by atomic mass is 9.90. The second-order valence-electron chi connectivity index (χ2n) is 8.43. The topological polar surface area (TPSA) is 96.2 Å². The van der Waals surface area contributed by atoms with Crippen LogP contribution in [-0.2, 0) is 14.4 Å². The van der Waals surface area contributed by atoms with Crippen molar-refractivity contribution in [2.45, 2.75) is 12.1 Å². The van der Waals surface area contributed by atoms with Crippen LogP contribution in [0.4, 0.5) is 22.7 Å². The highest BCUT2D eigenvalue weighted by molar-refractivity contribution is 6.24. The first-order valence-corrected chi connectivity index (χ1v) is 10.8. The highest BCUT2D eigenvalue weighted by Crippen LogP contribution is 2.47. The number of nitrogens with zero attached hydrogens (tertiary/aromatic N) is 4. The Morgan fingerprint density at radius 1 is 0.882 bits per heavy atom. The molecule has 9 heteroatoms. The van der Waals surface area contributed by atoms with E-state index in [2.05, 4.69) is 0 Å². The summed E-state index contributed by atoms with van der Waals surface area (Å²) < 4.78 is 0. The van der Waals surface area contributed by atoms with Gasteiger partial charge in [0.1, 0.15) is 5.92 Å². The van der Waals surface area contributed by atoms with Crippen molar-refractivity contribution < 1.29 is 19.3 Å². The fourth-order valence-electron chi connectivity index (χ4n) is 4.52. The molecule has 3 aromatic carbocycles. The Morgan fingerprint density at radius 3 is 2.21 bits per heavy atom. The molecule has 9 nitrogen and oxygen atoms in total. The zero-order chi connectivity index (χ0) is 24.0. The van der Waals surface area contributed by atoms with Gasteiger partial charge in [-0.1, -0.05) is 36.4 Å². The molecule has 0 radical (unpaired) electrons. The van der Waals surface area contributed by atoms with E-state index in [-0.39, 0.29) is 11.4 Å². The van der Waals surface area contributed by atoms with E-state index < -0.39 is 34.8 Å². The minimum Gasteiger partial charge on any atom is -0.378 e. The van der Waals surface area contributed by atoms with Crippen LogP contribution in [0, 0.1) is 16.0 Å². The molecule has 0 bridgehead atoms. The number of hydrogen-bond acceptors (Lipinski definition) is 7. The maximum Gasteiger partial charge on any atom is 0.271 e. The third-order valence-corrected chi connectivity index (χ3v) is 6.18. The predicted molar refractivity (Wildman–Crippen MR) is 126 cm³/mol. The summed E-state index contributed by atoms with van der Waals surface area (Å²) in [5, 5.41) is 12.8. The zero-order valence-corrected chi connectivity index (χ0v) is 18.6. The van der Waals surface area contributed by atoms with Gasteiger partial charge in [0.15, 0.2) is 6.10 Å². The number of rotatable bonds is 5. The molecule has 2 aliphatic rings. The maximum absolute atomic E-state index is 13.6. The van der Waals surface area contributed by atoms with Gasteiger partial charge in [-0.05, 0) is 35.9 Å². The number of nitro benzene ring substituents is 1. The number of non-ortho nitro benzene ring substituents is 1. The molecule has 2 heterocycles. The first-order valence-electron chi connectivity index (χ1n) is 10.8. The quantitative estimate of drug-likeness (QED) is 0.327. The lowest BCUT2D eigenvalue weighted by Crippen LogP contribution is -2.37. The van der Waals surface area contributed by atoms with Crippen molar-refractivity contribution in [3.63, 3.8) is 0 Å². The van der Waals surface area contributed by atoms with E-state index in [9.17, 15) is 19.7 Å². The molecule has 172 valence electrons. The van der Waals surface area contributed by atoms with Crippen molar-refractivity contribution in [3.8, 4) is 0 Å². The van der Waals surface area contributed by atoms with Crippen molar-refractivity contribution in [3.05, 3.63) is 94.5 Å². The summed E-state index contributed by atoms with van der Waals surface area (Å²) in [5.41, 5.74) is 2.51. The third-order valence-electron chi connectivity index (χ3n) is 6.18. The van der Waals surface area contributed by atoms with Gasteiger partial charge in [-0.3, -0.25) is 24.5 Å². The van der Waals surface area contributed by atoms with Crippen LogP contribution < -0.4 is 14.9 Å². The first-order chi connectivity index (χ1) is 16.4. The fraction of sp³-hybridized carbons (Fsp3) is 0.200. The van der Waals surface area contributed by atoms with Gasteiger partial charge in [0.2, 0.25) is 5.91 Å². The van der Waals surface area contributed by atoms with Crippen molar-refractivity contribution >= 4 is 34.6 Å². The summed E-state index contributed by atoms with van der Waals surface area (Å²) in [6.45, 7) is 0. The Balaban J connectivity index is 1.56.